The number of hydrogen-bond acceptors (Lipinski definition) is 5. The molecular formula is C24H21F2NO5. The normalized spacial score (nSPS) is 12.5. The monoisotopic (exact) mass is 441 g/mol. The summed E-state index contributed by atoms with van der Waals surface area (Å²) in [4.78, 5) is 10.9. The maximum absolute atomic E-state index is 14.8. The molecule has 0 spiro atoms. The zero-order valence-corrected chi connectivity index (χ0v) is 17.2. The van der Waals surface area contributed by atoms with Gasteiger partial charge in [-0.25, -0.2) is 8.78 Å². The van der Waals surface area contributed by atoms with Crippen molar-refractivity contribution in [1.29, 1.82) is 0 Å². The van der Waals surface area contributed by atoms with Crippen molar-refractivity contribution in [3.63, 3.8) is 0 Å². The van der Waals surface area contributed by atoms with Gasteiger partial charge in [-0.05, 0) is 48.0 Å². The largest absolute Gasteiger partial charge is 0.481 e. The van der Waals surface area contributed by atoms with Gasteiger partial charge in [-0.3, -0.25) is 4.79 Å². The first-order valence-corrected chi connectivity index (χ1v) is 10.0. The van der Waals surface area contributed by atoms with Gasteiger partial charge in [0.15, 0.2) is 6.73 Å². The maximum atomic E-state index is 14.8. The van der Waals surface area contributed by atoms with Crippen LogP contribution in [0.4, 0.5) is 14.5 Å². The van der Waals surface area contributed by atoms with E-state index in [2.05, 4.69) is 5.32 Å². The van der Waals surface area contributed by atoms with Crippen molar-refractivity contribution in [2.24, 2.45) is 0 Å². The van der Waals surface area contributed by atoms with E-state index in [1.807, 2.05) is 0 Å². The van der Waals surface area contributed by atoms with Crippen LogP contribution in [0.15, 0.2) is 60.7 Å². The Morgan fingerprint density at radius 1 is 1.06 bits per heavy atom. The highest BCUT2D eigenvalue weighted by Crippen LogP contribution is 2.42. The van der Waals surface area contributed by atoms with Crippen LogP contribution in [0.3, 0.4) is 0 Å². The highest BCUT2D eigenvalue weighted by atomic mass is 19.3. The molecule has 3 aromatic rings. The molecule has 2 N–H and O–H groups in total. The quantitative estimate of drug-likeness (QED) is 0.436. The molecule has 0 fully saturated rings. The molecule has 1 aliphatic rings. The van der Waals surface area contributed by atoms with Crippen molar-refractivity contribution < 1.29 is 32.9 Å². The van der Waals surface area contributed by atoms with Gasteiger partial charge in [0.1, 0.15) is 28.7 Å². The molecule has 4 rings (SSSR count). The van der Waals surface area contributed by atoms with Crippen molar-refractivity contribution in [2.45, 2.75) is 25.7 Å². The minimum absolute atomic E-state index is 0.0271. The molecule has 0 aliphatic carbocycles. The van der Waals surface area contributed by atoms with Crippen LogP contribution < -0.4 is 19.5 Å². The van der Waals surface area contributed by atoms with Crippen LogP contribution >= 0.6 is 0 Å². The summed E-state index contributed by atoms with van der Waals surface area (Å²) >= 11 is 0. The number of anilines is 1. The second kappa shape index (κ2) is 8.74. The summed E-state index contributed by atoms with van der Waals surface area (Å²) in [6.07, 6.45) is -0.616. The standard InChI is InChI=1S/C24H21F2NO5/c1-2-24(25,26)19-12-17(31-18-7-9-22-20(13-18)27-14-30-22)6-8-21(19)32-16-5-3-4-15(10-16)11-23(28)29/h3-10,12-13,27H,2,11,14H2,1H3,(H,28,29). The Hall–Kier alpha value is -3.81. The summed E-state index contributed by atoms with van der Waals surface area (Å²) in [5, 5.41) is 12.0. The number of ether oxygens (including phenoxy) is 3. The third-order valence-electron chi connectivity index (χ3n) is 4.95. The molecule has 0 unspecified atom stereocenters. The minimum Gasteiger partial charge on any atom is -0.481 e. The van der Waals surface area contributed by atoms with Crippen LogP contribution in [0.1, 0.15) is 24.5 Å². The fourth-order valence-corrected chi connectivity index (χ4v) is 3.32. The number of benzene rings is 3. The number of aliphatic carboxylic acids is 1. The van der Waals surface area contributed by atoms with Gasteiger partial charge in [0.2, 0.25) is 0 Å². The topological polar surface area (TPSA) is 77.0 Å². The zero-order chi connectivity index (χ0) is 22.7. The molecule has 3 aromatic carbocycles. The van der Waals surface area contributed by atoms with E-state index < -0.39 is 18.3 Å². The Balaban J connectivity index is 1.62. The molecular weight excluding hydrogens is 420 g/mol. The number of carbonyl (C=O) groups is 1. The summed E-state index contributed by atoms with van der Waals surface area (Å²) in [7, 11) is 0. The zero-order valence-electron chi connectivity index (χ0n) is 17.2. The first-order chi connectivity index (χ1) is 15.3. The van der Waals surface area contributed by atoms with Gasteiger partial charge in [-0.2, -0.15) is 0 Å². The predicted molar refractivity (Wildman–Crippen MR) is 114 cm³/mol. The summed E-state index contributed by atoms with van der Waals surface area (Å²) < 4.78 is 46.4. The van der Waals surface area contributed by atoms with E-state index in [9.17, 15) is 13.6 Å². The minimum atomic E-state index is -3.15. The van der Waals surface area contributed by atoms with Crippen molar-refractivity contribution in [1.82, 2.24) is 0 Å². The van der Waals surface area contributed by atoms with Crippen LogP contribution in [-0.2, 0) is 17.1 Å². The van der Waals surface area contributed by atoms with Crippen LogP contribution in [0.2, 0.25) is 0 Å². The van der Waals surface area contributed by atoms with Crippen LogP contribution in [0.25, 0.3) is 0 Å². The van der Waals surface area contributed by atoms with Gasteiger partial charge in [-0.15, -0.1) is 0 Å². The fraction of sp³-hybridized carbons (Fsp3) is 0.208. The number of alkyl halides is 2. The third-order valence-corrected chi connectivity index (χ3v) is 4.95. The lowest BCUT2D eigenvalue weighted by atomic mass is 10.0. The third kappa shape index (κ3) is 4.74. The van der Waals surface area contributed by atoms with Crippen molar-refractivity contribution in [2.75, 3.05) is 12.0 Å². The predicted octanol–water partition coefficient (Wildman–Crippen LogP) is 6.16. The summed E-state index contributed by atoms with van der Waals surface area (Å²) in [6, 6.07) is 15.8. The molecule has 0 aromatic heterocycles. The number of fused-ring (bicyclic) bond motifs is 1. The van der Waals surface area contributed by atoms with Crippen LogP contribution in [-0.4, -0.2) is 17.8 Å². The van der Waals surface area contributed by atoms with Gasteiger partial charge in [-0.1, -0.05) is 19.1 Å². The molecule has 0 atom stereocenters. The summed E-state index contributed by atoms with van der Waals surface area (Å²) in [5.41, 5.74) is 0.958. The van der Waals surface area contributed by atoms with E-state index in [0.717, 1.165) is 5.69 Å². The van der Waals surface area contributed by atoms with Gasteiger partial charge in [0, 0.05) is 12.5 Å². The number of nitrogens with one attached hydrogen (secondary N) is 1. The molecule has 0 saturated heterocycles. The van der Waals surface area contributed by atoms with Gasteiger partial charge in [0.25, 0.3) is 5.92 Å². The number of carboxylic acids is 1. The average Bonchev–Trinajstić information content (AvgIpc) is 3.22. The van der Waals surface area contributed by atoms with Crippen LogP contribution in [0, 0.1) is 0 Å². The molecule has 1 aliphatic heterocycles. The number of hydrogen-bond donors (Lipinski definition) is 2. The lowest BCUT2D eigenvalue weighted by molar-refractivity contribution is -0.136. The van der Waals surface area contributed by atoms with Gasteiger partial charge < -0.3 is 24.6 Å². The first kappa shape index (κ1) is 21.4. The summed E-state index contributed by atoms with van der Waals surface area (Å²) in [5.74, 6) is -2.49. The van der Waals surface area contributed by atoms with Gasteiger partial charge in [0.05, 0.1) is 17.7 Å². The highest BCUT2D eigenvalue weighted by Gasteiger charge is 2.33. The van der Waals surface area contributed by atoms with E-state index in [0.29, 0.717) is 23.8 Å². The molecule has 0 amide bonds. The van der Waals surface area contributed by atoms with Crippen molar-refractivity contribution in [3.05, 3.63) is 71.8 Å². The van der Waals surface area contributed by atoms with Gasteiger partial charge >= 0.3 is 5.97 Å². The molecule has 0 bridgehead atoms. The number of rotatable bonds is 8. The van der Waals surface area contributed by atoms with E-state index in [4.69, 9.17) is 19.3 Å². The number of carboxylic acid groups (broad SMARTS) is 1. The molecule has 166 valence electrons. The van der Waals surface area contributed by atoms with E-state index in [1.54, 1.807) is 42.5 Å². The SMILES string of the molecule is CCC(F)(F)c1cc(Oc2ccc3c(c2)NCO3)ccc1Oc1cccc(CC(=O)O)c1. The fourth-order valence-electron chi connectivity index (χ4n) is 3.32. The molecule has 8 heteroatoms. The Labute approximate surface area is 183 Å². The Morgan fingerprint density at radius 2 is 1.81 bits per heavy atom. The van der Waals surface area contributed by atoms with Crippen molar-refractivity contribution >= 4 is 11.7 Å². The molecule has 0 saturated carbocycles. The maximum Gasteiger partial charge on any atom is 0.307 e. The summed E-state index contributed by atoms with van der Waals surface area (Å²) in [6.45, 7) is 1.75. The average molecular weight is 441 g/mol. The first-order valence-electron chi connectivity index (χ1n) is 10.0. The lowest BCUT2D eigenvalue weighted by Gasteiger charge is -2.20. The lowest BCUT2D eigenvalue weighted by Crippen LogP contribution is -2.13. The number of halogens is 2. The molecule has 0 radical (unpaired) electrons. The Bertz CT molecular complexity index is 1150. The van der Waals surface area contributed by atoms with Crippen molar-refractivity contribution in [3.8, 4) is 28.7 Å². The molecule has 1 heterocycles. The molecule has 32 heavy (non-hydrogen) atoms. The van der Waals surface area contributed by atoms with Crippen LogP contribution in [0.5, 0.6) is 28.7 Å². The Morgan fingerprint density at radius 3 is 2.59 bits per heavy atom. The Kier molecular flexibility index (Phi) is 5.85. The van der Waals surface area contributed by atoms with E-state index >= 15 is 0 Å². The second-order valence-electron chi connectivity index (χ2n) is 7.26. The van der Waals surface area contributed by atoms with E-state index in [1.165, 1.54) is 25.1 Å². The molecule has 6 nitrogen and oxygen atoms in total. The smallest absolute Gasteiger partial charge is 0.307 e. The van der Waals surface area contributed by atoms with E-state index in [-0.39, 0.29) is 29.2 Å². The second-order valence-corrected chi connectivity index (χ2v) is 7.26. The highest BCUT2D eigenvalue weighted by molar-refractivity contribution is 5.70.